The van der Waals surface area contributed by atoms with E-state index >= 15 is 0 Å². The Bertz CT molecular complexity index is 95.5. The van der Waals surface area contributed by atoms with Gasteiger partial charge in [0.05, 0.1) is 0 Å². The van der Waals surface area contributed by atoms with Crippen LogP contribution in [0.25, 0.3) is 0 Å². The third kappa shape index (κ3) is 10.4. The molecular weight excluding hydrogens is 173 g/mol. The highest BCUT2D eigenvalue weighted by Gasteiger charge is 2.08. The molecule has 13 heavy (non-hydrogen) atoms. The van der Waals surface area contributed by atoms with Crippen LogP contribution in [0.4, 0.5) is 0 Å². The minimum absolute atomic E-state index is 0.139. The van der Waals surface area contributed by atoms with Crippen molar-refractivity contribution in [2.45, 2.75) is 50.0 Å². The maximum absolute atomic E-state index is 2.57. The van der Waals surface area contributed by atoms with Crippen molar-refractivity contribution >= 4 is 14.1 Å². The fourth-order valence-corrected chi connectivity index (χ4v) is 1.39. The number of nitrogens with zero attached hydrogens (tertiary/aromatic N) is 1. The van der Waals surface area contributed by atoms with Gasteiger partial charge in [0, 0.05) is 0 Å². The van der Waals surface area contributed by atoms with Gasteiger partial charge in [0.2, 0.25) is 0 Å². The molecule has 0 spiro atoms. The third-order valence-electron chi connectivity index (χ3n) is 2.03. The number of unbranched alkanes of at least 4 members (excludes halogenated alkanes) is 1. The average Bonchev–Trinajstić information content (AvgIpc) is 2.51. The van der Waals surface area contributed by atoms with E-state index in [0.29, 0.717) is 0 Å². The molecule has 1 aliphatic rings. The van der Waals surface area contributed by atoms with Crippen LogP contribution >= 0.6 is 0 Å². The van der Waals surface area contributed by atoms with E-state index in [-0.39, 0.29) is 14.1 Å². The first kappa shape index (κ1) is 13.5. The summed E-state index contributed by atoms with van der Waals surface area (Å²) in [5, 5.41) is 0. The Labute approximate surface area is 88.9 Å². The molecule has 0 aromatic rings. The molecule has 0 unspecified atom stereocenters. The van der Waals surface area contributed by atoms with Crippen molar-refractivity contribution in [3.05, 3.63) is 0 Å². The first-order valence-electron chi connectivity index (χ1n) is 5.89. The van der Waals surface area contributed by atoms with Gasteiger partial charge in [-0.05, 0) is 38.9 Å². The molecule has 0 atom stereocenters. The second kappa shape index (κ2) is 9.06. The first-order valence-corrected chi connectivity index (χ1v) is 9.35. The fourth-order valence-electron chi connectivity index (χ4n) is 1.39. The zero-order valence-corrected chi connectivity index (χ0v) is 11.1. The summed E-state index contributed by atoms with van der Waals surface area (Å²) >= 11 is -0.139. The molecule has 0 bridgehead atoms. The fraction of sp³-hybridized carbons (Fsp3) is 1.00. The van der Waals surface area contributed by atoms with Gasteiger partial charge in [-0.3, -0.25) is 0 Å². The van der Waals surface area contributed by atoms with E-state index in [1.54, 1.807) is 0 Å². The Morgan fingerprint density at radius 3 is 1.92 bits per heavy atom. The molecule has 0 saturated carbocycles. The Hall–Kier alpha value is 0.492. The van der Waals surface area contributed by atoms with Crippen LogP contribution in [0.3, 0.4) is 0 Å². The van der Waals surface area contributed by atoms with Gasteiger partial charge in [-0.15, -0.1) is 17.4 Å². The van der Waals surface area contributed by atoms with Crippen molar-refractivity contribution in [1.82, 2.24) is 4.90 Å². The van der Waals surface area contributed by atoms with E-state index < -0.39 is 0 Å². The van der Waals surface area contributed by atoms with Crippen LogP contribution in [0, 0.1) is 0 Å². The second-order valence-electron chi connectivity index (χ2n) is 4.63. The van der Waals surface area contributed by atoms with Crippen molar-refractivity contribution in [2.75, 3.05) is 19.6 Å². The van der Waals surface area contributed by atoms with Gasteiger partial charge in [-0.2, -0.15) is 0 Å². The highest BCUT2D eigenvalue weighted by molar-refractivity contribution is 6.54. The Morgan fingerprint density at radius 1 is 1.08 bits per heavy atom. The molecule has 1 nitrogen and oxygen atoms in total. The summed E-state index contributed by atoms with van der Waals surface area (Å²) in [6.07, 6.45) is 5.60. The van der Waals surface area contributed by atoms with Crippen LogP contribution in [0.1, 0.15) is 32.6 Å². The van der Waals surface area contributed by atoms with E-state index in [0.717, 1.165) is 0 Å². The maximum Gasteiger partial charge on any atom is 0.251 e. The summed E-state index contributed by atoms with van der Waals surface area (Å²) in [6, 6.07) is 0. The molecule has 0 aliphatic carbocycles. The second-order valence-corrected chi connectivity index (χ2v) is 8.10. The van der Waals surface area contributed by atoms with Gasteiger partial charge < -0.3 is 4.90 Å². The molecule has 1 fully saturated rings. The van der Waals surface area contributed by atoms with Crippen molar-refractivity contribution in [3.8, 4) is 0 Å². The van der Waals surface area contributed by atoms with E-state index in [1.165, 1.54) is 45.3 Å². The summed E-state index contributed by atoms with van der Waals surface area (Å²) in [4.78, 5) is 2.57. The predicted molar refractivity (Wildman–Crippen MR) is 63.9 cm³/mol. The van der Waals surface area contributed by atoms with E-state index in [9.17, 15) is 0 Å². The van der Waals surface area contributed by atoms with Gasteiger partial charge >= 0.3 is 0 Å². The van der Waals surface area contributed by atoms with Crippen LogP contribution in [0.5, 0.6) is 0 Å². The van der Waals surface area contributed by atoms with Gasteiger partial charge in [-0.1, -0.05) is 13.3 Å². The van der Waals surface area contributed by atoms with Crippen molar-refractivity contribution in [1.29, 1.82) is 0 Å². The molecule has 0 aromatic carbocycles. The van der Waals surface area contributed by atoms with Crippen molar-refractivity contribution in [3.63, 3.8) is 0 Å². The van der Waals surface area contributed by atoms with Crippen molar-refractivity contribution < 1.29 is 0 Å². The summed E-state index contributed by atoms with van der Waals surface area (Å²) in [6.45, 7) is 6.33. The number of hydrogen-bond acceptors (Lipinski definition) is 1. The summed E-state index contributed by atoms with van der Waals surface area (Å²) in [7, 11) is 0. The van der Waals surface area contributed by atoms with Gasteiger partial charge in [0.1, 0.15) is 0 Å². The molecule has 0 radical (unpaired) electrons. The lowest BCUT2D eigenvalue weighted by molar-refractivity contribution is 0.332. The van der Waals surface area contributed by atoms with E-state index in [1.807, 2.05) is 0 Å². The highest BCUT2D eigenvalue weighted by atomic mass is 27.2. The Balaban J connectivity index is 0.000000310. The number of likely N-dealkylation sites (tertiary alicyclic amines) is 1. The molecule has 2 heteroatoms. The van der Waals surface area contributed by atoms with Crippen LogP contribution in [-0.4, -0.2) is 38.7 Å². The lowest BCUT2D eigenvalue weighted by atomic mass is 10.3. The quantitative estimate of drug-likeness (QED) is 0.631. The summed E-state index contributed by atoms with van der Waals surface area (Å²) < 4.78 is 0. The average molecular weight is 199 g/mol. The summed E-state index contributed by atoms with van der Waals surface area (Å²) in [5.74, 6) is 6.92. The zero-order valence-electron chi connectivity index (χ0n) is 9.97. The molecule has 0 aromatic heterocycles. The van der Waals surface area contributed by atoms with Crippen LogP contribution in [-0.2, 0) is 0 Å². The molecule has 1 heterocycles. The standard InChI is InChI=1S/C8H17N.3CH3.Al/c1-2-3-6-9-7-4-5-8-9;;;;/h2-8H2,1H3;3*1H3;. The largest absolute Gasteiger partial charge is 0.303 e. The minimum atomic E-state index is -0.139. The molecule has 1 rings (SSSR count). The predicted octanol–water partition coefficient (Wildman–Crippen LogP) is 3.25. The van der Waals surface area contributed by atoms with Gasteiger partial charge in [0.25, 0.3) is 14.1 Å². The monoisotopic (exact) mass is 199 g/mol. The lowest BCUT2D eigenvalue weighted by Gasteiger charge is -2.12. The van der Waals surface area contributed by atoms with Gasteiger partial charge in [-0.25, -0.2) is 0 Å². The molecule has 1 saturated heterocycles. The van der Waals surface area contributed by atoms with Gasteiger partial charge in [0.15, 0.2) is 0 Å². The van der Waals surface area contributed by atoms with E-state index in [4.69, 9.17) is 0 Å². The first-order chi connectivity index (χ1) is 6.16. The molecule has 78 valence electrons. The minimum Gasteiger partial charge on any atom is -0.303 e. The normalized spacial score (nSPS) is 16.6. The molecular formula is C11H26AlN. The van der Waals surface area contributed by atoms with Crippen molar-refractivity contribution in [2.24, 2.45) is 0 Å². The van der Waals surface area contributed by atoms with Crippen LogP contribution < -0.4 is 0 Å². The molecule has 0 amide bonds. The topological polar surface area (TPSA) is 3.24 Å². The maximum atomic E-state index is 2.57. The van der Waals surface area contributed by atoms with E-state index in [2.05, 4.69) is 29.2 Å². The third-order valence-corrected chi connectivity index (χ3v) is 2.03. The van der Waals surface area contributed by atoms with Crippen LogP contribution in [0.15, 0.2) is 0 Å². The lowest BCUT2D eigenvalue weighted by Crippen LogP contribution is -2.19. The Morgan fingerprint density at radius 2 is 1.54 bits per heavy atom. The smallest absolute Gasteiger partial charge is 0.251 e. The summed E-state index contributed by atoms with van der Waals surface area (Å²) in [5.41, 5.74) is 0. The SMILES string of the molecule is CCCCN1CCCC1.[CH3][Al]([CH3])[CH3]. The zero-order chi connectivity index (χ0) is 10.1. The highest BCUT2D eigenvalue weighted by Crippen LogP contribution is 2.07. The van der Waals surface area contributed by atoms with Crippen LogP contribution in [0.2, 0.25) is 17.4 Å². The number of hydrogen-bond donors (Lipinski definition) is 0. The molecule has 1 aliphatic heterocycles. The Kier molecular flexibility index (Phi) is 9.41. The number of rotatable bonds is 3. The molecule has 0 N–H and O–H groups in total.